The van der Waals surface area contributed by atoms with Crippen LogP contribution in [0.3, 0.4) is 0 Å². The van der Waals surface area contributed by atoms with Crippen molar-refractivity contribution >= 4 is 5.97 Å². The standard InChI is InChI=1S/C68H55F5O3/c1-46-15-25-51(26-16-46)35-40-56-57(41-36-52-27-17-47(2)18-28-52)59(43-38-54-31-21-49(4)22-32-54)67(60(44-39-55-33-23-50(5)24-34-55)58(56)42-37-53-29-19-48(3)20-30-53)75-45-13-11-9-7-6-8-10-12-14-61(74)76-68-65(72)63(70)62(69)64(71)66(68)73/h15-34H,6-14,45H2,1-5H3. The number of esters is 1. The van der Waals surface area contributed by atoms with Gasteiger partial charge in [-0.05, 0) is 108 Å². The molecule has 0 bridgehead atoms. The molecule has 0 spiro atoms. The normalized spacial score (nSPS) is 10.3. The third-order valence-corrected chi connectivity index (χ3v) is 12.3. The lowest BCUT2D eigenvalue weighted by molar-refractivity contribution is -0.135. The van der Waals surface area contributed by atoms with E-state index in [1.807, 2.05) is 156 Å². The van der Waals surface area contributed by atoms with Crippen LogP contribution in [0.25, 0.3) is 0 Å². The summed E-state index contributed by atoms with van der Waals surface area (Å²) in [6.45, 7) is 10.5. The molecule has 7 rings (SSSR count). The summed E-state index contributed by atoms with van der Waals surface area (Å²) in [5.74, 6) is 21.4. The van der Waals surface area contributed by atoms with Crippen LogP contribution >= 0.6 is 0 Å². The van der Waals surface area contributed by atoms with E-state index in [1.165, 1.54) is 0 Å². The Kier molecular flexibility index (Phi) is 19.5. The molecule has 0 unspecified atom stereocenters. The highest BCUT2D eigenvalue weighted by Crippen LogP contribution is 2.35. The van der Waals surface area contributed by atoms with Crippen LogP contribution in [0.5, 0.6) is 11.5 Å². The summed E-state index contributed by atoms with van der Waals surface area (Å²) in [6, 6.07) is 40.1. The number of aryl methyl sites for hydroxylation is 5. The molecule has 0 aliphatic carbocycles. The first-order valence-corrected chi connectivity index (χ1v) is 25.3. The number of hydrogen-bond donors (Lipinski definition) is 0. The molecule has 0 saturated carbocycles. The summed E-state index contributed by atoms with van der Waals surface area (Å²) < 4.78 is 80.1. The molecular formula is C68H55F5O3. The Morgan fingerprint density at radius 3 is 0.921 bits per heavy atom. The first-order valence-electron chi connectivity index (χ1n) is 25.3. The average molecular weight is 1020 g/mol. The molecular weight excluding hydrogens is 960 g/mol. The molecule has 0 heterocycles. The largest absolute Gasteiger partial charge is 0.491 e. The second-order valence-electron chi connectivity index (χ2n) is 18.6. The van der Waals surface area contributed by atoms with Crippen LogP contribution in [0.15, 0.2) is 121 Å². The number of benzene rings is 7. The Morgan fingerprint density at radius 1 is 0.329 bits per heavy atom. The Bertz CT molecular complexity index is 3360. The number of hydrogen-bond acceptors (Lipinski definition) is 3. The van der Waals surface area contributed by atoms with Crippen LogP contribution < -0.4 is 9.47 Å². The SMILES string of the molecule is Cc1ccc(C#Cc2c(C#Cc3ccc(C)cc3)c(C#Cc3ccc(C)cc3)c(OCCCCCCCCCCC(=O)Oc3c(F)c(F)c(F)c(F)c3F)c(C#Cc3ccc(C)cc3)c2C#Cc2ccc(C)cc2)cc1. The van der Waals surface area contributed by atoms with Crippen LogP contribution in [0, 0.1) is 123 Å². The first-order chi connectivity index (χ1) is 36.7. The molecule has 76 heavy (non-hydrogen) atoms. The highest BCUT2D eigenvalue weighted by atomic mass is 19.2. The van der Waals surface area contributed by atoms with Crippen molar-refractivity contribution in [2.75, 3.05) is 6.61 Å². The Hall–Kier alpha value is -8.74. The van der Waals surface area contributed by atoms with Gasteiger partial charge in [0.25, 0.3) is 0 Å². The molecule has 0 aliphatic heterocycles. The topological polar surface area (TPSA) is 35.5 Å². The third kappa shape index (κ3) is 15.4. The molecule has 7 aromatic rings. The molecule has 0 saturated heterocycles. The second kappa shape index (κ2) is 27.0. The summed E-state index contributed by atoms with van der Waals surface area (Å²) in [4.78, 5) is 12.2. The first kappa shape index (κ1) is 55.0. The minimum Gasteiger partial charge on any atom is -0.491 e. The lowest BCUT2D eigenvalue weighted by Gasteiger charge is -2.17. The van der Waals surface area contributed by atoms with Crippen molar-refractivity contribution in [2.45, 2.75) is 92.4 Å². The Morgan fingerprint density at radius 2 is 0.592 bits per heavy atom. The predicted molar refractivity (Wildman–Crippen MR) is 291 cm³/mol. The lowest BCUT2D eigenvalue weighted by atomic mass is 9.89. The van der Waals surface area contributed by atoms with Crippen LogP contribution in [0.4, 0.5) is 22.0 Å². The average Bonchev–Trinajstić information content (AvgIpc) is 3.42. The molecule has 0 radical (unpaired) electrons. The Labute approximate surface area is 443 Å². The van der Waals surface area contributed by atoms with Crippen molar-refractivity contribution in [1.82, 2.24) is 0 Å². The molecule has 3 nitrogen and oxygen atoms in total. The van der Waals surface area contributed by atoms with E-state index in [9.17, 15) is 26.7 Å². The maximum atomic E-state index is 14.0. The van der Waals surface area contributed by atoms with Crippen molar-refractivity contribution < 1.29 is 36.2 Å². The molecule has 0 fully saturated rings. The van der Waals surface area contributed by atoms with Crippen molar-refractivity contribution in [2.24, 2.45) is 0 Å². The number of carbonyl (C=O) groups is 1. The van der Waals surface area contributed by atoms with Gasteiger partial charge in [0.05, 0.1) is 34.4 Å². The minimum absolute atomic E-state index is 0.246. The van der Waals surface area contributed by atoms with Gasteiger partial charge < -0.3 is 9.47 Å². The van der Waals surface area contributed by atoms with Crippen molar-refractivity contribution in [3.8, 4) is 70.7 Å². The van der Waals surface area contributed by atoms with Crippen LogP contribution in [-0.2, 0) is 4.79 Å². The van der Waals surface area contributed by atoms with Crippen molar-refractivity contribution in [3.05, 3.63) is 234 Å². The van der Waals surface area contributed by atoms with Crippen LogP contribution in [0.1, 0.15) is 141 Å². The Balaban J connectivity index is 1.23. The van der Waals surface area contributed by atoms with Gasteiger partial charge in [-0.25, -0.2) is 13.2 Å². The second-order valence-corrected chi connectivity index (χ2v) is 18.6. The van der Waals surface area contributed by atoms with E-state index in [0.29, 0.717) is 59.4 Å². The molecule has 0 amide bonds. The van der Waals surface area contributed by atoms with Gasteiger partial charge in [0.2, 0.25) is 34.8 Å². The maximum absolute atomic E-state index is 14.0. The number of ether oxygens (including phenoxy) is 2. The minimum atomic E-state index is -2.32. The van der Waals surface area contributed by atoms with E-state index in [2.05, 4.69) is 63.9 Å². The summed E-state index contributed by atoms with van der Waals surface area (Å²) in [6.07, 6.45) is 5.59. The fourth-order valence-electron chi connectivity index (χ4n) is 7.79. The van der Waals surface area contributed by atoms with Gasteiger partial charge >= 0.3 is 5.97 Å². The fraction of sp³-hybridized carbons (Fsp3) is 0.221. The number of rotatable bonds is 13. The van der Waals surface area contributed by atoms with Crippen LogP contribution in [0.2, 0.25) is 0 Å². The predicted octanol–water partition coefficient (Wildman–Crippen LogP) is 15.4. The van der Waals surface area contributed by atoms with Gasteiger partial charge in [0.15, 0.2) is 5.75 Å². The van der Waals surface area contributed by atoms with E-state index >= 15 is 0 Å². The highest BCUT2D eigenvalue weighted by molar-refractivity contribution is 5.78. The highest BCUT2D eigenvalue weighted by Gasteiger charge is 2.28. The number of halogens is 5. The van der Waals surface area contributed by atoms with Gasteiger partial charge in [-0.3, -0.25) is 4.79 Å². The molecule has 8 heteroatoms. The van der Waals surface area contributed by atoms with E-state index in [4.69, 9.17) is 4.74 Å². The summed E-state index contributed by atoms with van der Waals surface area (Å²) in [5.41, 5.74) is 12.4. The maximum Gasteiger partial charge on any atom is 0.311 e. The summed E-state index contributed by atoms with van der Waals surface area (Å²) >= 11 is 0. The van der Waals surface area contributed by atoms with Gasteiger partial charge in [-0.1, -0.05) is 186 Å². The number of unbranched alkanes of at least 4 members (excludes halogenated alkanes) is 7. The molecule has 0 atom stereocenters. The lowest BCUT2D eigenvalue weighted by Crippen LogP contribution is -2.13. The van der Waals surface area contributed by atoms with E-state index in [0.717, 1.165) is 87.7 Å². The molecule has 0 aromatic heterocycles. The van der Waals surface area contributed by atoms with Gasteiger partial charge in [0, 0.05) is 34.2 Å². The zero-order valence-corrected chi connectivity index (χ0v) is 43.2. The molecule has 380 valence electrons. The third-order valence-electron chi connectivity index (χ3n) is 12.3. The van der Waals surface area contributed by atoms with E-state index in [1.54, 1.807) is 0 Å². The fourth-order valence-corrected chi connectivity index (χ4v) is 7.79. The molecule has 0 N–H and O–H groups in total. The quantitative estimate of drug-likeness (QED) is 0.0220. The zero-order chi connectivity index (χ0) is 54.0. The van der Waals surface area contributed by atoms with Crippen molar-refractivity contribution in [3.63, 3.8) is 0 Å². The summed E-state index contributed by atoms with van der Waals surface area (Å²) in [7, 11) is 0. The van der Waals surface area contributed by atoms with Gasteiger partial charge in [-0.2, -0.15) is 8.78 Å². The van der Waals surface area contributed by atoms with Gasteiger partial charge in [0.1, 0.15) is 0 Å². The van der Waals surface area contributed by atoms with Crippen LogP contribution in [-0.4, -0.2) is 12.6 Å². The summed E-state index contributed by atoms with van der Waals surface area (Å²) in [5, 5.41) is 0. The van der Waals surface area contributed by atoms with Crippen molar-refractivity contribution in [1.29, 1.82) is 0 Å². The zero-order valence-electron chi connectivity index (χ0n) is 43.2. The number of carbonyl (C=O) groups excluding carboxylic acids is 1. The van der Waals surface area contributed by atoms with E-state index < -0.39 is 40.8 Å². The van der Waals surface area contributed by atoms with Gasteiger partial charge in [-0.15, -0.1) is 0 Å². The van der Waals surface area contributed by atoms with E-state index in [-0.39, 0.29) is 6.42 Å². The smallest absolute Gasteiger partial charge is 0.311 e. The monoisotopic (exact) mass is 1010 g/mol. The molecule has 7 aromatic carbocycles. The molecule has 0 aliphatic rings.